The summed E-state index contributed by atoms with van der Waals surface area (Å²) in [4.78, 5) is 9.00. The predicted molar refractivity (Wildman–Crippen MR) is 111 cm³/mol. The average Bonchev–Trinajstić information content (AvgIpc) is 3.10. The molecule has 0 aromatic heterocycles. The standard InChI is InChI=1S/C20H35N5O2/c1-21-20(22-8-6-9-24(2)3)23-17-7-10-25(15-17)14-16-11-18(26-4)13-19(12-16)27-5/h11-13,17H,6-10,14-15H2,1-5H3,(H2,21,22,23). The minimum atomic E-state index is 0.414. The van der Waals surface area contributed by atoms with Gasteiger partial charge in [-0.2, -0.15) is 0 Å². The van der Waals surface area contributed by atoms with Gasteiger partial charge in [0.25, 0.3) is 0 Å². The van der Waals surface area contributed by atoms with Gasteiger partial charge in [0.1, 0.15) is 11.5 Å². The largest absolute Gasteiger partial charge is 0.497 e. The molecule has 1 saturated heterocycles. The highest BCUT2D eigenvalue weighted by atomic mass is 16.5. The van der Waals surface area contributed by atoms with Crippen LogP contribution in [0.4, 0.5) is 0 Å². The smallest absolute Gasteiger partial charge is 0.191 e. The van der Waals surface area contributed by atoms with Crippen LogP contribution in [0, 0.1) is 0 Å². The number of hydrogen-bond donors (Lipinski definition) is 2. The molecular formula is C20H35N5O2. The maximum atomic E-state index is 5.37. The normalized spacial score (nSPS) is 18.0. The first kappa shape index (κ1) is 21.3. The number of methoxy groups -OCH3 is 2. The van der Waals surface area contributed by atoms with Crippen LogP contribution >= 0.6 is 0 Å². The fourth-order valence-electron chi connectivity index (χ4n) is 3.30. The van der Waals surface area contributed by atoms with Crippen LogP contribution in [0.5, 0.6) is 11.5 Å². The van der Waals surface area contributed by atoms with E-state index < -0.39 is 0 Å². The fourth-order valence-corrected chi connectivity index (χ4v) is 3.30. The number of benzene rings is 1. The number of guanidine groups is 1. The molecule has 2 rings (SSSR count). The van der Waals surface area contributed by atoms with Crippen molar-refractivity contribution < 1.29 is 9.47 Å². The zero-order chi connectivity index (χ0) is 19.6. The highest BCUT2D eigenvalue weighted by Crippen LogP contribution is 2.24. The molecule has 0 radical (unpaired) electrons. The summed E-state index contributed by atoms with van der Waals surface area (Å²) in [6.45, 7) is 4.95. The molecule has 7 nitrogen and oxygen atoms in total. The fraction of sp³-hybridized carbons (Fsp3) is 0.650. The van der Waals surface area contributed by atoms with Crippen LogP contribution in [0.1, 0.15) is 18.4 Å². The lowest BCUT2D eigenvalue weighted by Crippen LogP contribution is -2.45. The van der Waals surface area contributed by atoms with Gasteiger partial charge in [-0.15, -0.1) is 0 Å². The van der Waals surface area contributed by atoms with E-state index >= 15 is 0 Å². The lowest BCUT2D eigenvalue weighted by molar-refractivity contribution is 0.321. The van der Waals surface area contributed by atoms with Gasteiger partial charge in [-0.3, -0.25) is 9.89 Å². The number of hydrogen-bond acceptors (Lipinski definition) is 5. The van der Waals surface area contributed by atoms with E-state index in [-0.39, 0.29) is 0 Å². The third kappa shape index (κ3) is 7.27. The van der Waals surface area contributed by atoms with Gasteiger partial charge in [0, 0.05) is 45.3 Å². The molecule has 0 amide bonds. The molecular weight excluding hydrogens is 342 g/mol. The van der Waals surface area contributed by atoms with Gasteiger partial charge in [0.15, 0.2) is 5.96 Å². The maximum Gasteiger partial charge on any atom is 0.191 e. The number of aliphatic imine (C=N–C) groups is 1. The Bertz CT molecular complexity index is 584. The highest BCUT2D eigenvalue weighted by Gasteiger charge is 2.23. The first-order chi connectivity index (χ1) is 13.0. The van der Waals surface area contributed by atoms with Crippen LogP contribution in [0.2, 0.25) is 0 Å². The van der Waals surface area contributed by atoms with Gasteiger partial charge in [-0.05, 0) is 51.2 Å². The zero-order valence-corrected chi connectivity index (χ0v) is 17.4. The van der Waals surface area contributed by atoms with Crippen molar-refractivity contribution in [3.8, 4) is 11.5 Å². The first-order valence-corrected chi connectivity index (χ1v) is 9.60. The minimum absolute atomic E-state index is 0.414. The maximum absolute atomic E-state index is 5.37. The van der Waals surface area contributed by atoms with Crippen LogP contribution < -0.4 is 20.1 Å². The number of rotatable bonds is 9. The van der Waals surface area contributed by atoms with Crippen molar-refractivity contribution in [1.29, 1.82) is 0 Å². The van der Waals surface area contributed by atoms with E-state index in [4.69, 9.17) is 9.47 Å². The monoisotopic (exact) mass is 377 g/mol. The van der Waals surface area contributed by atoms with E-state index in [9.17, 15) is 0 Å². The molecule has 1 aliphatic heterocycles. The second kappa shape index (κ2) is 11.0. The molecule has 0 spiro atoms. The Balaban J connectivity index is 1.80. The molecule has 1 aromatic carbocycles. The Kier molecular flexibility index (Phi) is 8.67. The average molecular weight is 378 g/mol. The molecule has 2 N–H and O–H groups in total. The minimum Gasteiger partial charge on any atom is -0.497 e. The van der Waals surface area contributed by atoms with Crippen molar-refractivity contribution in [3.63, 3.8) is 0 Å². The van der Waals surface area contributed by atoms with E-state index in [0.717, 1.165) is 63.0 Å². The Labute approximate surface area is 163 Å². The van der Waals surface area contributed by atoms with Gasteiger partial charge < -0.3 is 25.0 Å². The zero-order valence-electron chi connectivity index (χ0n) is 17.4. The van der Waals surface area contributed by atoms with E-state index in [1.165, 1.54) is 5.56 Å². The molecule has 1 aliphatic rings. The van der Waals surface area contributed by atoms with Gasteiger partial charge in [0.2, 0.25) is 0 Å². The number of ether oxygens (including phenoxy) is 2. The summed E-state index contributed by atoms with van der Waals surface area (Å²) in [5.41, 5.74) is 1.21. The van der Waals surface area contributed by atoms with Crippen LogP contribution in [0.3, 0.4) is 0 Å². The Morgan fingerprint density at radius 1 is 1.22 bits per heavy atom. The SMILES string of the molecule is CN=C(NCCCN(C)C)NC1CCN(Cc2cc(OC)cc(OC)c2)C1. The first-order valence-electron chi connectivity index (χ1n) is 9.60. The summed E-state index contributed by atoms with van der Waals surface area (Å²) in [7, 11) is 9.39. The van der Waals surface area contributed by atoms with E-state index in [2.05, 4.69) is 51.7 Å². The van der Waals surface area contributed by atoms with Crippen molar-refractivity contribution in [3.05, 3.63) is 23.8 Å². The predicted octanol–water partition coefficient (Wildman–Crippen LogP) is 1.39. The van der Waals surface area contributed by atoms with E-state index in [1.807, 2.05) is 13.1 Å². The summed E-state index contributed by atoms with van der Waals surface area (Å²) in [6, 6.07) is 6.48. The molecule has 1 unspecified atom stereocenters. The molecule has 152 valence electrons. The Hall–Kier alpha value is -1.99. The van der Waals surface area contributed by atoms with Crippen molar-refractivity contribution in [2.75, 3.05) is 61.5 Å². The lowest BCUT2D eigenvalue weighted by Gasteiger charge is -2.19. The summed E-state index contributed by atoms with van der Waals surface area (Å²) in [5.74, 6) is 2.56. The third-order valence-electron chi connectivity index (χ3n) is 4.73. The number of nitrogens with zero attached hydrogens (tertiary/aromatic N) is 3. The van der Waals surface area contributed by atoms with Crippen LogP contribution in [-0.2, 0) is 6.54 Å². The van der Waals surface area contributed by atoms with Crippen LogP contribution in [0.25, 0.3) is 0 Å². The second-order valence-corrected chi connectivity index (χ2v) is 7.24. The second-order valence-electron chi connectivity index (χ2n) is 7.24. The van der Waals surface area contributed by atoms with Crippen molar-refractivity contribution in [2.45, 2.75) is 25.4 Å². The molecule has 1 fully saturated rings. The molecule has 1 aromatic rings. The number of nitrogens with one attached hydrogen (secondary N) is 2. The lowest BCUT2D eigenvalue weighted by atomic mass is 10.2. The van der Waals surface area contributed by atoms with Crippen LogP contribution in [0.15, 0.2) is 23.2 Å². The van der Waals surface area contributed by atoms with Crippen molar-refractivity contribution in [1.82, 2.24) is 20.4 Å². The molecule has 7 heteroatoms. The Morgan fingerprint density at radius 2 is 1.93 bits per heavy atom. The van der Waals surface area contributed by atoms with Gasteiger partial charge in [-0.25, -0.2) is 0 Å². The molecule has 0 bridgehead atoms. The summed E-state index contributed by atoms with van der Waals surface area (Å²) in [6.07, 6.45) is 2.21. The molecule has 27 heavy (non-hydrogen) atoms. The number of likely N-dealkylation sites (tertiary alicyclic amines) is 1. The molecule has 1 heterocycles. The molecule has 0 saturated carbocycles. The summed E-state index contributed by atoms with van der Waals surface area (Å²) < 4.78 is 10.7. The van der Waals surface area contributed by atoms with Gasteiger partial charge >= 0.3 is 0 Å². The quantitative estimate of drug-likeness (QED) is 0.385. The van der Waals surface area contributed by atoms with Gasteiger partial charge in [0.05, 0.1) is 14.2 Å². The summed E-state index contributed by atoms with van der Waals surface area (Å²) in [5, 5.41) is 6.96. The highest BCUT2D eigenvalue weighted by molar-refractivity contribution is 5.80. The van der Waals surface area contributed by atoms with Crippen LogP contribution in [-0.4, -0.2) is 83.3 Å². The summed E-state index contributed by atoms with van der Waals surface area (Å²) >= 11 is 0. The molecule has 1 atom stereocenters. The van der Waals surface area contributed by atoms with Gasteiger partial charge in [-0.1, -0.05) is 0 Å². The third-order valence-corrected chi connectivity index (χ3v) is 4.73. The van der Waals surface area contributed by atoms with Crippen molar-refractivity contribution >= 4 is 5.96 Å². The van der Waals surface area contributed by atoms with E-state index in [0.29, 0.717) is 6.04 Å². The molecule has 0 aliphatic carbocycles. The topological polar surface area (TPSA) is 61.4 Å². The Morgan fingerprint density at radius 3 is 2.52 bits per heavy atom. The van der Waals surface area contributed by atoms with E-state index in [1.54, 1.807) is 14.2 Å². The van der Waals surface area contributed by atoms with Crippen molar-refractivity contribution in [2.24, 2.45) is 4.99 Å².